The Hall–Kier alpha value is -1.80. The predicted octanol–water partition coefficient (Wildman–Crippen LogP) is 2.36. The van der Waals surface area contributed by atoms with E-state index in [0.29, 0.717) is 21.6 Å². The molecule has 2 heterocycles. The van der Waals surface area contributed by atoms with Crippen LogP contribution in [0.1, 0.15) is 25.7 Å². The van der Waals surface area contributed by atoms with Crippen LogP contribution in [0.3, 0.4) is 0 Å². The minimum atomic E-state index is -1.24. The summed E-state index contributed by atoms with van der Waals surface area (Å²) in [6.07, 6.45) is 1.49. The van der Waals surface area contributed by atoms with Crippen molar-refractivity contribution >= 4 is 38.0 Å². The second-order valence-corrected chi connectivity index (χ2v) is 7.57. The molecular formula is C13H15N5OS2. The van der Waals surface area contributed by atoms with E-state index in [1.54, 1.807) is 10.7 Å². The predicted molar refractivity (Wildman–Crippen MR) is 84.6 cm³/mol. The Morgan fingerprint density at radius 2 is 2.24 bits per heavy atom. The number of benzene rings is 1. The van der Waals surface area contributed by atoms with Crippen LogP contribution in [0.4, 0.5) is 5.69 Å². The molecule has 0 spiro atoms. The maximum absolute atomic E-state index is 12.5. The summed E-state index contributed by atoms with van der Waals surface area (Å²) in [4.78, 5) is 8.60. The topological polar surface area (TPSA) is 86.7 Å². The van der Waals surface area contributed by atoms with Gasteiger partial charge in [0.05, 0.1) is 26.8 Å². The normalized spacial score (nSPS) is 13.1. The molecule has 0 aliphatic carbocycles. The van der Waals surface area contributed by atoms with Crippen molar-refractivity contribution in [2.45, 2.75) is 30.0 Å². The number of hydrogen-bond donors (Lipinski definition) is 1. The van der Waals surface area contributed by atoms with E-state index in [1.165, 1.54) is 17.7 Å². The average Bonchev–Trinajstić information content (AvgIpc) is 3.04. The quantitative estimate of drug-likeness (QED) is 0.745. The molecule has 1 unspecified atom stereocenters. The van der Waals surface area contributed by atoms with Crippen LogP contribution >= 0.6 is 11.3 Å². The molecule has 3 aromatic rings. The van der Waals surface area contributed by atoms with Crippen molar-refractivity contribution in [2.75, 3.05) is 5.73 Å². The van der Waals surface area contributed by atoms with Gasteiger partial charge in [0, 0.05) is 11.7 Å². The van der Waals surface area contributed by atoms with Crippen LogP contribution in [0.15, 0.2) is 28.9 Å². The molecule has 0 aliphatic rings. The SMILES string of the molecule is CC(C)n1ncnc1CS(=O)c1nc2ccc(N)cc2s1. The third kappa shape index (κ3) is 2.81. The van der Waals surface area contributed by atoms with E-state index >= 15 is 0 Å². The van der Waals surface area contributed by atoms with Crippen LogP contribution in [0.25, 0.3) is 10.2 Å². The minimum Gasteiger partial charge on any atom is -0.399 e. The van der Waals surface area contributed by atoms with Crippen molar-refractivity contribution in [1.29, 1.82) is 0 Å². The molecule has 21 heavy (non-hydrogen) atoms. The minimum absolute atomic E-state index is 0.190. The number of fused-ring (bicyclic) bond motifs is 1. The third-order valence-corrected chi connectivity index (χ3v) is 5.61. The molecule has 0 saturated carbocycles. The van der Waals surface area contributed by atoms with E-state index in [-0.39, 0.29) is 6.04 Å². The lowest BCUT2D eigenvalue weighted by Gasteiger charge is -2.08. The maximum atomic E-state index is 12.5. The van der Waals surface area contributed by atoms with Crippen molar-refractivity contribution in [3.8, 4) is 0 Å². The number of aromatic nitrogens is 4. The second-order valence-electron chi connectivity index (χ2n) is 4.91. The molecule has 0 radical (unpaired) electrons. The lowest BCUT2D eigenvalue weighted by Crippen LogP contribution is -2.10. The van der Waals surface area contributed by atoms with Gasteiger partial charge in [0.25, 0.3) is 0 Å². The molecule has 2 aromatic heterocycles. The molecule has 1 aromatic carbocycles. The summed E-state index contributed by atoms with van der Waals surface area (Å²) in [5, 5.41) is 4.15. The number of nitrogen functional groups attached to an aromatic ring is 1. The number of rotatable bonds is 4. The van der Waals surface area contributed by atoms with E-state index in [1.807, 2.05) is 26.0 Å². The lowest BCUT2D eigenvalue weighted by atomic mass is 10.3. The molecule has 6 nitrogen and oxygen atoms in total. The van der Waals surface area contributed by atoms with Gasteiger partial charge in [-0.25, -0.2) is 14.6 Å². The Balaban J connectivity index is 1.88. The van der Waals surface area contributed by atoms with Crippen LogP contribution in [0.5, 0.6) is 0 Å². The Morgan fingerprint density at radius 1 is 1.43 bits per heavy atom. The first-order valence-corrected chi connectivity index (χ1v) is 8.61. The number of anilines is 1. The standard InChI is InChI=1S/C13H15N5OS2/c1-8(2)18-12(15-7-16-18)6-21(19)13-17-10-4-3-9(14)5-11(10)20-13/h3-5,7-8H,6,14H2,1-2H3. The van der Waals surface area contributed by atoms with Crippen molar-refractivity contribution in [2.24, 2.45) is 0 Å². The average molecular weight is 321 g/mol. The molecule has 1 atom stereocenters. The third-order valence-electron chi connectivity index (χ3n) is 2.98. The first-order chi connectivity index (χ1) is 10.0. The van der Waals surface area contributed by atoms with Gasteiger partial charge in [-0.05, 0) is 32.0 Å². The lowest BCUT2D eigenvalue weighted by molar-refractivity contribution is 0.513. The summed E-state index contributed by atoms with van der Waals surface area (Å²) < 4.78 is 15.8. The molecule has 0 aliphatic heterocycles. The Kier molecular flexibility index (Phi) is 3.73. The molecule has 0 amide bonds. The van der Waals surface area contributed by atoms with Crippen LogP contribution in [0.2, 0.25) is 0 Å². The van der Waals surface area contributed by atoms with Crippen LogP contribution in [0, 0.1) is 0 Å². The monoisotopic (exact) mass is 321 g/mol. The van der Waals surface area contributed by atoms with Gasteiger partial charge in [0.2, 0.25) is 0 Å². The number of nitrogens with two attached hydrogens (primary N) is 1. The molecule has 0 saturated heterocycles. The highest BCUT2D eigenvalue weighted by atomic mass is 32.2. The highest BCUT2D eigenvalue weighted by molar-refractivity contribution is 7.86. The smallest absolute Gasteiger partial charge is 0.182 e. The first kappa shape index (κ1) is 14.2. The molecule has 110 valence electrons. The fraction of sp³-hybridized carbons (Fsp3) is 0.308. The van der Waals surface area contributed by atoms with Gasteiger partial charge in [0.15, 0.2) is 4.34 Å². The second kappa shape index (κ2) is 5.53. The highest BCUT2D eigenvalue weighted by Gasteiger charge is 2.16. The molecule has 3 rings (SSSR count). The largest absolute Gasteiger partial charge is 0.399 e. The molecular weight excluding hydrogens is 306 g/mol. The zero-order valence-electron chi connectivity index (χ0n) is 11.7. The van der Waals surface area contributed by atoms with E-state index < -0.39 is 10.8 Å². The molecule has 2 N–H and O–H groups in total. The fourth-order valence-corrected chi connectivity index (χ4v) is 4.33. The summed E-state index contributed by atoms with van der Waals surface area (Å²) in [6, 6.07) is 5.68. The van der Waals surface area contributed by atoms with E-state index in [9.17, 15) is 4.21 Å². The van der Waals surface area contributed by atoms with Gasteiger partial charge in [-0.2, -0.15) is 5.10 Å². The van der Waals surface area contributed by atoms with Gasteiger partial charge in [-0.15, -0.1) is 11.3 Å². The Bertz CT molecular complexity index is 808. The van der Waals surface area contributed by atoms with Gasteiger partial charge in [-0.3, -0.25) is 4.21 Å². The van der Waals surface area contributed by atoms with Crippen molar-refractivity contribution in [1.82, 2.24) is 19.7 Å². The highest BCUT2D eigenvalue weighted by Crippen LogP contribution is 2.27. The summed E-state index contributed by atoms with van der Waals surface area (Å²) >= 11 is 1.41. The number of nitrogens with zero attached hydrogens (tertiary/aromatic N) is 4. The fourth-order valence-electron chi connectivity index (χ4n) is 2.01. The molecule has 0 bridgehead atoms. The van der Waals surface area contributed by atoms with Gasteiger partial charge in [0.1, 0.15) is 12.2 Å². The Morgan fingerprint density at radius 3 is 3.00 bits per heavy atom. The van der Waals surface area contributed by atoms with Gasteiger partial charge < -0.3 is 5.73 Å². The first-order valence-electron chi connectivity index (χ1n) is 6.47. The molecule has 0 fully saturated rings. The van der Waals surface area contributed by atoms with Crippen molar-refractivity contribution in [3.05, 3.63) is 30.4 Å². The van der Waals surface area contributed by atoms with E-state index in [4.69, 9.17) is 5.73 Å². The summed E-state index contributed by atoms with van der Waals surface area (Å²) in [5.41, 5.74) is 7.26. The summed E-state index contributed by atoms with van der Waals surface area (Å²) in [6.45, 7) is 4.03. The van der Waals surface area contributed by atoms with Crippen molar-refractivity contribution < 1.29 is 4.21 Å². The zero-order valence-corrected chi connectivity index (χ0v) is 13.3. The zero-order chi connectivity index (χ0) is 15.0. The van der Waals surface area contributed by atoms with Crippen LogP contribution < -0.4 is 5.73 Å². The maximum Gasteiger partial charge on any atom is 0.182 e. The summed E-state index contributed by atoms with van der Waals surface area (Å²) in [7, 11) is -1.24. The Labute approximate surface area is 128 Å². The number of thiazole rings is 1. The van der Waals surface area contributed by atoms with Gasteiger partial charge in [-0.1, -0.05) is 0 Å². The van der Waals surface area contributed by atoms with Gasteiger partial charge >= 0.3 is 0 Å². The number of hydrogen-bond acceptors (Lipinski definition) is 6. The van der Waals surface area contributed by atoms with Crippen molar-refractivity contribution in [3.63, 3.8) is 0 Å². The van der Waals surface area contributed by atoms with E-state index in [2.05, 4.69) is 15.1 Å². The van der Waals surface area contributed by atoms with Crippen LogP contribution in [-0.4, -0.2) is 24.0 Å². The van der Waals surface area contributed by atoms with E-state index in [0.717, 1.165) is 10.2 Å². The summed E-state index contributed by atoms with van der Waals surface area (Å²) in [5.74, 6) is 1.02. The molecule has 8 heteroatoms. The van der Waals surface area contributed by atoms with Crippen LogP contribution in [-0.2, 0) is 16.6 Å².